The SMILES string of the molecule is CCCC(NC(=O)[C@@H]1CN(C(=O)Nc2ccccc2)CC1NC(=O)C(NC(=O)[C@@H](NC(=O)c1cnccn1)C1CCCCC1)C(C)(C)C)C(O)C(=O)NC1CC1. The Morgan fingerprint density at radius 2 is 1.57 bits per heavy atom. The summed E-state index contributed by atoms with van der Waals surface area (Å²) in [4.78, 5) is 91.5. The lowest BCUT2D eigenvalue weighted by Crippen LogP contribution is -2.61. The molecule has 0 bridgehead atoms. The molecule has 2 aliphatic carbocycles. The largest absolute Gasteiger partial charge is 0.381 e. The van der Waals surface area contributed by atoms with Gasteiger partial charge in [0.15, 0.2) is 6.10 Å². The zero-order chi connectivity index (χ0) is 40.4. The summed E-state index contributed by atoms with van der Waals surface area (Å²) >= 11 is 0. The average molecular weight is 776 g/mol. The van der Waals surface area contributed by atoms with Crippen LogP contribution in [-0.4, -0.2) is 105 Å². The molecule has 3 fully saturated rings. The van der Waals surface area contributed by atoms with Gasteiger partial charge in [0.1, 0.15) is 17.8 Å². The van der Waals surface area contributed by atoms with Gasteiger partial charge in [-0.25, -0.2) is 9.78 Å². The molecule has 0 spiro atoms. The number of amides is 7. The first-order valence-corrected chi connectivity index (χ1v) is 19.8. The molecule has 7 N–H and O–H groups in total. The number of aromatic nitrogens is 2. The third kappa shape index (κ3) is 11.5. The van der Waals surface area contributed by atoms with Crippen LogP contribution in [0.4, 0.5) is 10.5 Å². The number of carbonyl (C=O) groups is 6. The highest BCUT2D eigenvalue weighted by Crippen LogP contribution is 2.29. The predicted octanol–water partition coefficient (Wildman–Crippen LogP) is 2.26. The number of para-hydroxylation sites is 1. The van der Waals surface area contributed by atoms with E-state index in [9.17, 15) is 33.9 Å². The van der Waals surface area contributed by atoms with Crippen molar-refractivity contribution in [3.8, 4) is 0 Å². The van der Waals surface area contributed by atoms with Crippen molar-refractivity contribution in [3.63, 3.8) is 0 Å². The Hall–Kier alpha value is -5.12. The Bertz CT molecular complexity index is 1680. The molecule has 4 unspecified atom stereocenters. The summed E-state index contributed by atoms with van der Waals surface area (Å²) in [5, 5.41) is 28.1. The normalized spacial score (nSPS) is 20.8. The number of hydrogen-bond donors (Lipinski definition) is 7. The number of aliphatic hydroxyl groups excluding tert-OH is 1. The average Bonchev–Trinajstić information content (AvgIpc) is 3.90. The van der Waals surface area contributed by atoms with E-state index < -0.39 is 77.2 Å². The van der Waals surface area contributed by atoms with Gasteiger partial charge in [-0.2, -0.15) is 0 Å². The molecule has 2 heterocycles. The van der Waals surface area contributed by atoms with Gasteiger partial charge in [-0.15, -0.1) is 0 Å². The minimum absolute atomic E-state index is 0.0184. The van der Waals surface area contributed by atoms with Crippen molar-refractivity contribution in [1.82, 2.24) is 41.5 Å². The summed E-state index contributed by atoms with van der Waals surface area (Å²) in [5.74, 6) is -3.87. The van der Waals surface area contributed by atoms with Gasteiger partial charge in [-0.1, -0.05) is 71.6 Å². The van der Waals surface area contributed by atoms with Crippen molar-refractivity contribution in [2.24, 2.45) is 17.3 Å². The first kappa shape index (κ1) is 42.0. The Balaban J connectivity index is 1.35. The van der Waals surface area contributed by atoms with Crippen LogP contribution in [-0.2, 0) is 19.2 Å². The molecule has 16 nitrogen and oxygen atoms in total. The fourth-order valence-electron chi connectivity index (χ4n) is 7.38. The smallest absolute Gasteiger partial charge is 0.321 e. The van der Waals surface area contributed by atoms with E-state index in [0.29, 0.717) is 18.5 Å². The maximum Gasteiger partial charge on any atom is 0.321 e. The van der Waals surface area contributed by atoms with Gasteiger partial charge in [0.25, 0.3) is 11.8 Å². The van der Waals surface area contributed by atoms with E-state index in [2.05, 4.69) is 41.9 Å². The number of aliphatic hydroxyl groups is 1. The van der Waals surface area contributed by atoms with Crippen LogP contribution in [0.3, 0.4) is 0 Å². The first-order valence-electron chi connectivity index (χ1n) is 19.8. The third-order valence-electron chi connectivity index (χ3n) is 10.7. The highest BCUT2D eigenvalue weighted by Gasteiger charge is 2.45. The standard InChI is InChI=1S/C40H57N9O7/c1-5-12-28(32(50)37(54)43-26-17-18-26)45-34(51)27-22-49(39(56)44-25-15-10-7-11-16-25)23-30(27)46-38(55)33(40(2,3)4)48-36(53)31(24-13-8-6-9-14-24)47-35(52)29-21-41-19-20-42-29/h7,10-11,15-16,19-21,24,26-28,30-33,50H,5-6,8-9,12-14,17-18,22-23H2,1-4H3,(H,43,54)(H,44,56)(H,45,51)(H,46,55)(H,47,52)(H,48,53)/t27-,28?,30?,31+,32?,33?/m1/s1. The van der Waals surface area contributed by atoms with Crippen molar-refractivity contribution in [2.45, 2.75) is 122 Å². The zero-order valence-electron chi connectivity index (χ0n) is 32.8. The van der Waals surface area contributed by atoms with Crippen LogP contribution >= 0.6 is 0 Å². The molecule has 3 aliphatic rings. The maximum absolute atomic E-state index is 14.3. The van der Waals surface area contributed by atoms with E-state index in [1.165, 1.54) is 23.5 Å². The van der Waals surface area contributed by atoms with Crippen molar-refractivity contribution < 1.29 is 33.9 Å². The van der Waals surface area contributed by atoms with Crippen LogP contribution in [0.2, 0.25) is 0 Å². The summed E-state index contributed by atoms with van der Waals surface area (Å²) in [6.45, 7) is 7.17. The molecule has 2 saturated carbocycles. The fourth-order valence-corrected chi connectivity index (χ4v) is 7.38. The zero-order valence-corrected chi connectivity index (χ0v) is 32.8. The summed E-state index contributed by atoms with van der Waals surface area (Å²) < 4.78 is 0. The molecule has 16 heteroatoms. The third-order valence-corrected chi connectivity index (χ3v) is 10.7. The van der Waals surface area contributed by atoms with Gasteiger partial charge in [0.2, 0.25) is 17.7 Å². The van der Waals surface area contributed by atoms with E-state index in [0.717, 1.165) is 44.9 Å². The summed E-state index contributed by atoms with van der Waals surface area (Å²) in [6, 6.07) is 4.53. The molecule has 0 radical (unpaired) electrons. The summed E-state index contributed by atoms with van der Waals surface area (Å²) in [7, 11) is 0. The molecule has 6 atom stereocenters. The molecule has 1 saturated heterocycles. The minimum atomic E-state index is -1.49. The number of urea groups is 1. The lowest BCUT2D eigenvalue weighted by atomic mass is 9.82. The number of carbonyl (C=O) groups excluding carboxylic acids is 6. The number of anilines is 1. The Labute approximate surface area is 328 Å². The topological polar surface area (TPSA) is 224 Å². The lowest BCUT2D eigenvalue weighted by molar-refractivity contribution is -0.135. The van der Waals surface area contributed by atoms with E-state index in [1.54, 1.807) is 45.0 Å². The summed E-state index contributed by atoms with van der Waals surface area (Å²) in [5.41, 5.74) is -0.208. The van der Waals surface area contributed by atoms with Gasteiger partial charge < -0.3 is 41.9 Å². The van der Waals surface area contributed by atoms with Gasteiger partial charge >= 0.3 is 6.03 Å². The molecular weight excluding hydrogens is 718 g/mol. The fraction of sp³-hybridized carbons (Fsp3) is 0.600. The quantitative estimate of drug-likeness (QED) is 0.141. The first-order chi connectivity index (χ1) is 26.7. The van der Waals surface area contributed by atoms with Crippen LogP contribution in [0, 0.1) is 17.3 Å². The van der Waals surface area contributed by atoms with Crippen LogP contribution in [0.25, 0.3) is 0 Å². The number of rotatable bonds is 15. The lowest BCUT2D eigenvalue weighted by Gasteiger charge is -2.35. The Morgan fingerprint density at radius 3 is 2.20 bits per heavy atom. The number of hydrogen-bond acceptors (Lipinski definition) is 9. The van der Waals surface area contributed by atoms with E-state index in [-0.39, 0.29) is 30.7 Å². The number of likely N-dealkylation sites (tertiary alicyclic amines) is 1. The number of nitrogens with zero attached hydrogens (tertiary/aromatic N) is 3. The molecule has 304 valence electrons. The molecule has 2 aromatic rings. The van der Waals surface area contributed by atoms with Crippen LogP contribution in [0.1, 0.15) is 96.0 Å². The van der Waals surface area contributed by atoms with Crippen molar-refractivity contribution in [3.05, 3.63) is 54.6 Å². The molecule has 1 aromatic carbocycles. The van der Waals surface area contributed by atoms with Gasteiger partial charge in [-0.3, -0.25) is 29.0 Å². The molecular formula is C40H57N9O7. The van der Waals surface area contributed by atoms with Crippen LogP contribution in [0.15, 0.2) is 48.9 Å². The van der Waals surface area contributed by atoms with E-state index >= 15 is 0 Å². The summed E-state index contributed by atoms with van der Waals surface area (Å²) in [6.07, 6.45) is 9.52. The highest BCUT2D eigenvalue weighted by molar-refractivity contribution is 5.97. The second-order valence-electron chi connectivity index (χ2n) is 16.3. The van der Waals surface area contributed by atoms with Crippen molar-refractivity contribution in [2.75, 3.05) is 18.4 Å². The predicted molar refractivity (Wildman–Crippen MR) is 208 cm³/mol. The Morgan fingerprint density at radius 1 is 0.857 bits per heavy atom. The maximum atomic E-state index is 14.3. The van der Waals surface area contributed by atoms with Crippen molar-refractivity contribution in [1.29, 1.82) is 0 Å². The second-order valence-corrected chi connectivity index (χ2v) is 16.3. The van der Waals surface area contributed by atoms with Gasteiger partial charge in [-0.05, 0) is 55.6 Å². The minimum Gasteiger partial charge on any atom is -0.381 e. The van der Waals surface area contributed by atoms with Crippen LogP contribution in [0.5, 0.6) is 0 Å². The van der Waals surface area contributed by atoms with Crippen LogP contribution < -0.4 is 31.9 Å². The molecule has 56 heavy (non-hydrogen) atoms. The van der Waals surface area contributed by atoms with Crippen molar-refractivity contribution >= 4 is 41.3 Å². The second kappa shape index (κ2) is 19.2. The molecule has 1 aromatic heterocycles. The van der Waals surface area contributed by atoms with Gasteiger partial charge in [0, 0.05) is 37.2 Å². The number of nitrogens with one attached hydrogen (secondary N) is 6. The Kier molecular flexibility index (Phi) is 14.4. The monoisotopic (exact) mass is 775 g/mol. The van der Waals surface area contributed by atoms with E-state index in [4.69, 9.17) is 0 Å². The van der Waals surface area contributed by atoms with Gasteiger partial charge in [0.05, 0.1) is 24.2 Å². The molecule has 1 aliphatic heterocycles. The van der Waals surface area contributed by atoms with E-state index in [1.807, 2.05) is 13.0 Å². The number of benzene rings is 1. The highest BCUT2D eigenvalue weighted by atomic mass is 16.3. The molecule has 5 rings (SSSR count). The molecule has 7 amide bonds.